The van der Waals surface area contributed by atoms with Gasteiger partial charge in [0.2, 0.25) is 11.4 Å². The normalized spacial score (nSPS) is 10.7. The van der Waals surface area contributed by atoms with Crippen LogP contribution in [-0.2, 0) is 0 Å². The Kier molecular flexibility index (Phi) is 4.67. The Balaban J connectivity index is 1.76. The van der Waals surface area contributed by atoms with Crippen LogP contribution in [0.25, 0.3) is 17.0 Å². The molecule has 0 unspecified atom stereocenters. The number of ether oxygens (including phenoxy) is 3. The molecule has 0 saturated carbocycles. The first-order chi connectivity index (χ1) is 13.7. The maximum atomic E-state index is 5.41. The van der Waals surface area contributed by atoms with E-state index in [0.29, 0.717) is 28.7 Å². The van der Waals surface area contributed by atoms with Crippen molar-refractivity contribution in [2.75, 3.05) is 26.6 Å². The van der Waals surface area contributed by atoms with Crippen molar-refractivity contribution >= 4 is 17.2 Å². The Bertz CT molecular complexity index is 1090. The van der Waals surface area contributed by atoms with Gasteiger partial charge in [-0.2, -0.15) is 0 Å². The number of methoxy groups -OCH3 is 3. The molecule has 0 fully saturated rings. The molecule has 8 heteroatoms. The van der Waals surface area contributed by atoms with Crippen molar-refractivity contribution in [3.8, 4) is 28.6 Å². The van der Waals surface area contributed by atoms with Gasteiger partial charge in [-0.3, -0.25) is 4.40 Å². The quantitative estimate of drug-likeness (QED) is 0.550. The standard InChI is InChI=1S/C20H19N5O3/c1-26-15-11-14(12-16(27-2)17(15)28-3)22-18-20-24-23-19(25(20)10-9-21-18)13-7-5-4-6-8-13/h4-12H,1-3H3,(H,21,22). The molecule has 28 heavy (non-hydrogen) atoms. The van der Waals surface area contributed by atoms with Crippen molar-refractivity contribution < 1.29 is 14.2 Å². The monoisotopic (exact) mass is 377 g/mol. The molecule has 2 aromatic heterocycles. The van der Waals surface area contributed by atoms with E-state index in [9.17, 15) is 0 Å². The highest BCUT2D eigenvalue weighted by molar-refractivity contribution is 5.74. The summed E-state index contributed by atoms with van der Waals surface area (Å²) in [7, 11) is 4.71. The number of anilines is 2. The third-order valence-electron chi connectivity index (χ3n) is 4.29. The van der Waals surface area contributed by atoms with E-state index in [2.05, 4.69) is 20.5 Å². The largest absolute Gasteiger partial charge is 0.493 e. The second-order valence-corrected chi connectivity index (χ2v) is 5.90. The lowest BCUT2D eigenvalue weighted by atomic mass is 10.2. The number of fused-ring (bicyclic) bond motifs is 1. The minimum absolute atomic E-state index is 0.524. The Labute approximate surface area is 161 Å². The van der Waals surface area contributed by atoms with Gasteiger partial charge in [0.15, 0.2) is 23.1 Å². The molecule has 0 radical (unpaired) electrons. The first-order valence-electron chi connectivity index (χ1n) is 8.57. The SMILES string of the molecule is COc1cc(Nc2nccn3c(-c4ccccc4)nnc23)cc(OC)c1OC. The number of benzene rings is 2. The van der Waals surface area contributed by atoms with E-state index >= 15 is 0 Å². The van der Waals surface area contributed by atoms with Crippen LogP contribution in [0.2, 0.25) is 0 Å². The second kappa shape index (κ2) is 7.43. The summed E-state index contributed by atoms with van der Waals surface area (Å²) in [5.41, 5.74) is 2.30. The summed E-state index contributed by atoms with van der Waals surface area (Å²) in [5, 5.41) is 11.9. The van der Waals surface area contributed by atoms with Gasteiger partial charge in [-0.15, -0.1) is 10.2 Å². The van der Waals surface area contributed by atoms with E-state index in [0.717, 1.165) is 17.1 Å². The van der Waals surface area contributed by atoms with Gasteiger partial charge >= 0.3 is 0 Å². The van der Waals surface area contributed by atoms with Gasteiger partial charge in [0.05, 0.1) is 21.3 Å². The van der Waals surface area contributed by atoms with Crippen LogP contribution in [-0.4, -0.2) is 40.9 Å². The highest BCUT2D eigenvalue weighted by atomic mass is 16.5. The molecule has 0 atom stereocenters. The molecule has 2 heterocycles. The smallest absolute Gasteiger partial charge is 0.204 e. The molecule has 8 nitrogen and oxygen atoms in total. The zero-order chi connectivity index (χ0) is 19.5. The van der Waals surface area contributed by atoms with Crippen LogP contribution in [0.15, 0.2) is 54.9 Å². The molecule has 4 aromatic rings. The third-order valence-corrected chi connectivity index (χ3v) is 4.29. The fourth-order valence-electron chi connectivity index (χ4n) is 2.99. The minimum atomic E-state index is 0.524. The minimum Gasteiger partial charge on any atom is -0.493 e. The summed E-state index contributed by atoms with van der Waals surface area (Å²) in [6.07, 6.45) is 3.53. The summed E-state index contributed by atoms with van der Waals surface area (Å²) in [5.74, 6) is 2.92. The van der Waals surface area contributed by atoms with Crippen LogP contribution < -0.4 is 19.5 Å². The highest BCUT2D eigenvalue weighted by Gasteiger charge is 2.16. The Morgan fingerprint density at radius 1 is 0.893 bits per heavy atom. The summed E-state index contributed by atoms with van der Waals surface area (Å²) in [6.45, 7) is 0. The van der Waals surface area contributed by atoms with Crippen LogP contribution in [0.3, 0.4) is 0 Å². The topological polar surface area (TPSA) is 82.8 Å². The highest BCUT2D eigenvalue weighted by Crippen LogP contribution is 2.40. The van der Waals surface area contributed by atoms with Gasteiger partial charge in [-0.05, 0) is 0 Å². The molecule has 142 valence electrons. The van der Waals surface area contributed by atoms with Gasteiger partial charge in [-0.1, -0.05) is 30.3 Å². The van der Waals surface area contributed by atoms with Crippen molar-refractivity contribution in [1.29, 1.82) is 0 Å². The van der Waals surface area contributed by atoms with Crippen molar-refractivity contribution in [2.24, 2.45) is 0 Å². The average molecular weight is 377 g/mol. The number of rotatable bonds is 6. The van der Waals surface area contributed by atoms with E-state index in [1.807, 2.05) is 40.9 Å². The van der Waals surface area contributed by atoms with Crippen LogP contribution in [0, 0.1) is 0 Å². The van der Waals surface area contributed by atoms with Crippen molar-refractivity contribution in [1.82, 2.24) is 19.6 Å². The first kappa shape index (κ1) is 17.6. The zero-order valence-corrected chi connectivity index (χ0v) is 15.7. The predicted octanol–water partition coefficient (Wildman–Crippen LogP) is 3.56. The van der Waals surface area contributed by atoms with Gasteiger partial charge in [0.25, 0.3) is 0 Å². The lowest BCUT2D eigenvalue weighted by Gasteiger charge is -2.15. The van der Waals surface area contributed by atoms with E-state index in [1.165, 1.54) is 0 Å². The van der Waals surface area contributed by atoms with Crippen molar-refractivity contribution in [2.45, 2.75) is 0 Å². The van der Waals surface area contributed by atoms with Crippen LogP contribution >= 0.6 is 0 Å². The number of hydrogen-bond donors (Lipinski definition) is 1. The lowest BCUT2D eigenvalue weighted by molar-refractivity contribution is 0.324. The molecule has 4 rings (SSSR count). The third kappa shape index (κ3) is 3.05. The van der Waals surface area contributed by atoms with Gasteiger partial charge in [0.1, 0.15) is 0 Å². The number of nitrogens with one attached hydrogen (secondary N) is 1. The van der Waals surface area contributed by atoms with Crippen molar-refractivity contribution in [3.63, 3.8) is 0 Å². The number of hydrogen-bond acceptors (Lipinski definition) is 7. The van der Waals surface area contributed by atoms with Crippen LogP contribution in [0.5, 0.6) is 17.2 Å². The molecule has 0 aliphatic carbocycles. The molecule has 0 amide bonds. The van der Waals surface area contributed by atoms with E-state index in [-0.39, 0.29) is 0 Å². The number of aromatic nitrogens is 4. The first-order valence-corrected chi connectivity index (χ1v) is 8.57. The Morgan fingerprint density at radius 3 is 2.25 bits per heavy atom. The maximum absolute atomic E-state index is 5.41. The number of nitrogens with zero attached hydrogens (tertiary/aromatic N) is 4. The summed E-state index contributed by atoms with van der Waals surface area (Å²) >= 11 is 0. The molecule has 0 spiro atoms. The van der Waals surface area contributed by atoms with E-state index in [1.54, 1.807) is 39.7 Å². The fourth-order valence-corrected chi connectivity index (χ4v) is 2.99. The molecule has 1 N–H and O–H groups in total. The summed E-state index contributed by atoms with van der Waals surface area (Å²) in [4.78, 5) is 4.42. The van der Waals surface area contributed by atoms with Gasteiger partial charge < -0.3 is 19.5 Å². The molecule has 0 bridgehead atoms. The Morgan fingerprint density at radius 2 is 1.61 bits per heavy atom. The van der Waals surface area contributed by atoms with Crippen LogP contribution in [0.1, 0.15) is 0 Å². The molecule has 0 saturated heterocycles. The summed E-state index contributed by atoms with van der Waals surface area (Å²) in [6, 6.07) is 13.5. The second-order valence-electron chi connectivity index (χ2n) is 5.90. The predicted molar refractivity (Wildman–Crippen MR) is 106 cm³/mol. The average Bonchev–Trinajstić information content (AvgIpc) is 3.19. The molecule has 0 aliphatic heterocycles. The fraction of sp³-hybridized carbons (Fsp3) is 0.150. The molecule has 2 aromatic carbocycles. The zero-order valence-electron chi connectivity index (χ0n) is 15.7. The molecular weight excluding hydrogens is 358 g/mol. The van der Waals surface area contributed by atoms with Gasteiger partial charge in [0, 0.05) is 35.8 Å². The summed E-state index contributed by atoms with van der Waals surface area (Å²) < 4.78 is 18.1. The lowest BCUT2D eigenvalue weighted by Crippen LogP contribution is -2.01. The molecular formula is C20H19N5O3. The molecule has 0 aliphatic rings. The van der Waals surface area contributed by atoms with E-state index < -0.39 is 0 Å². The van der Waals surface area contributed by atoms with Crippen molar-refractivity contribution in [3.05, 3.63) is 54.9 Å². The Hall–Kier alpha value is -3.81. The maximum Gasteiger partial charge on any atom is 0.204 e. The van der Waals surface area contributed by atoms with E-state index in [4.69, 9.17) is 14.2 Å². The van der Waals surface area contributed by atoms with Crippen LogP contribution in [0.4, 0.5) is 11.5 Å². The van der Waals surface area contributed by atoms with Gasteiger partial charge in [-0.25, -0.2) is 4.98 Å².